The molecule has 1 atom stereocenters. The van der Waals surface area contributed by atoms with Crippen LogP contribution in [0.5, 0.6) is 0 Å². The highest BCUT2D eigenvalue weighted by Crippen LogP contribution is 2.27. The van der Waals surface area contributed by atoms with Crippen molar-refractivity contribution in [2.24, 2.45) is 0 Å². The van der Waals surface area contributed by atoms with E-state index in [2.05, 4.69) is 60.7 Å². The molecule has 5 nitrogen and oxygen atoms in total. The Labute approximate surface area is 127 Å². The number of rotatable bonds is 2. The maximum Gasteiger partial charge on any atom is 0.131 e. The van der Waals surface area contributed by atoms with E-state index >= 15 is 0 Å². The lowest BCUT2D eigenvalue weighted by atomic mass is 10.1. The molecule has 1 fully saturated rings. The van der Waals surface area contributed by atoms with Crippen molar-refractivity contribution in [1.82, 2.24) is 19.9 Å². The minimum atomic E-state index is 0.281. The molecule has 0 saturated carbocycles. The number of likely N-dealkylation sites (N-methyl/N-ethyl adjacent to an activating group) is 1. The van der Waals surface area contributed by atoms with Crippen LogP contribution in [0.25, 0.3) is 0 Å². The summed E-state index contributed by atoms with van der Waals surface area (Å²) in [7, 11) is 2.15. The monoisotopic (exact) mass is 335 g/mol. The molecule has 3 heterocycles. The van der Waals surface area contributed by atoms with Gasteiger partial charge in [0.05, 0.1) is 6.04 Å². The molecular weight excluding hydrogens is 318 g/mol. The second-order valence-electron chi connectivity index (χ2n) is 5.21. The molecule has 20 heavy (non-hydrogen) atoms. The number of aryl methyl sites for hydroxylation is 1. The Balaban J connectivity index is 1.85. The number of anilines is 1. The standard InChI is InChI=1S/C14H18BrN5/c1-10-7-11(15)8-18-14(10)20-6-5-19(2)12(9-20)13-16-3-4-17-13/h3-4,7-8,12H,5-6,9H2,1-2H3,(H,16,17). The molecule has 106 valence electrons. The molecule has 0 aromatic carbocycles. The molecule has 1 unspecified atom stereocenters. The highest BCUT2D eigenvalue weighted by Gasteiger charge is 2.28. The Morgan fingerprint density at radius 2 is 2.20 bits per heavy atom. The van der Waals surface area contributed by atoms with E-state index in [-0.39, 0.29) is 6.04 Å². The number of hydrogen-bond acceptors (Lipinski definition) is 4. The largest absolute Gasteiger partial charge is 0.353 e. The number of aromatic nitrogens is 3. The molecule has 1 N–H and O–H groups in total. The maximum absolute atomic E-state index is 4.57. The van der Waals surface area contributed by atoms with E-state index in [0.29, 0.717) is 0 Å². The van der Waals surface area contributed by atoms with E-state index in [9.17, 15) is 0 Å². The van der Waals surface area contributed by atoms with Crippen LogP contribution in [0.2, 0.25) is 0 Å². The fourth-order valence-corrected chi connectivity index (χ4v) is 3.13. The summed E-state index contributed by atoms with van der Waals surface area (Å²) in [4.78, 5) is 16.9. The summed E-state index contributed by atoms with van der Waals surface area (Å²) >= 11 is 3.47. The van der Waals surface area contributed by atoms with Gasteiger partial charge in [-0.1, -0.05) is 0 Å². The Bertz CT molecular complexity index is 583. The van der Waals surface area contributed by atoms with Gasteiger partial charge in [-0.05, 0) is 41.5 Å². The third kappa shape index (κ3) is 2.58. The van der Waals surface area contributed by atoms with Crippen LogP contribution < -0.4 is 4.90 Å². The second kappa shape index (κ2) is 5.54. The van der Waals surface area contributed by atoms with Crippen LogP contribution in [0.3, 0.4) is 0 Å². The zero-order valence-electron chi connectivity index (χ0n) is 11.7. The number of hydrogen-bond donors (Lipinski definition) is 1. The Hall–Kier alpha value is -1.40. The van der Waals surface area contributed by atoms with Crippen LogP contribution in [-0.4, -0.2) is 46.5 Å². The Kier molecular flexibility index (Phi) is 3.76. The first kappa shape index (κ1) is 13.6. The van der Waals surface area contributed by atoms with Gasteiger partial charge in [0.15, 0.2) is 0 Å². The number of piperazine rings is 1. The quantitative estimate of drug-likeness (QED) is 0.915. The molecule has 3 rings (SSSR count). The lowest BCUT2D eigenvalue weighted by molar-refractivity contribution is 0.213. The summed E-state index contributed by atoms with van der Waals surface area (Å²) in [5.74, 6) is 2.09. The van der Waals surface area contributed by atoms with Crippen molar-refractivity contribution in [2.75, 3.05) is 31.6 Å². The third-order valence-corrected chi connectivity index (χ3v) is 4.23. The molecule has 0 amide bonds. The van der Waals surface area contributed by atoms with Gasteiger partial charge in [0.1, 0.15) is 11.6 Å². The van der Waals surface area contributed by atoms with Gasteiger partial charge >= 0.3 is 0 Å². The fourth-order valence-electron chi connectivity index (χ4n) is 2.69. The van der Waals surface area contributed by atoms with E-state index in [0.717, 1.165) is 35.7 Å². The molecule has 0 radical (unpaired) electrons. The van der Waals surface area contributed by atoms with E-state index in [1.807, 2.05) is 18.6 Å². The lowest BCUT2D eigenvalue weighted by Gasteiger charge is -2.39. The summed E-state index contributed by atoms with van der Waals surface area (Å²) in [6, 6.07) is 2.39. The van der Waals surface area contributed by atoms with Crippen LogP contribution in [-0.2, 0) is 0 Å². The molecule has 6 heteroatoms. The molecule has 1 saturated heterocycles. The van der Waals surface area contributed by atoms with Gasteiger partial charge in [-0.2, -0.15) is 0 Å². The number of imidazole rings is 1. The SMILES string of the molecule is Cc1cc(Br)cnc1N1CCN(C)C(c2ncc[nH]2)C1. The van der Waals surface area contributed by atoms with E-state index in [1.54, 1.807) is 0 Å². The lowest BCUT2D eigenvalue weighted by Crippen LogP contribution is -2.47. The van der Waals surface area contributed by atoms with Crippen LogP contribution >= 0.6 is 15.9 Å². The summed E-state index contributed by atoms with van der Waals surface area (Å²) in [6.07, 6.45) is 5.55. The van der Waals surface area contributed by atoms with Crippen LogP contribution in [0.15, 0.2) is 29.1 Å². The fraction of sp³-hybridized carbons (Fsp3) is 0.429. The first-order chi connectivity index (χ1) is 9.65. The highest BCUT2D eigenvalue weighted by atomic mass is 79.9. The Morgan fingerprint density at radius 3 is 2.90 bits per heavy atom. The van der Waals surface area contributed by atoms with Gasteiger partial charge in [-0.15, -0.1) is 0 Å². The third-order valence-electron chi connectivity index (χ3n) is 3.80. The van der Waals surface area contributed by atoms with Crippen molar-refractivity contribution in [1.29, 1.82) is 0 Å². The van der Waals surface area contributed by atoms with Gasteiger partial charge in [0.2, 0.25) is 0 Å². The number of H-pyrrole nitrogens is 1. The summed E-state index contributed by atoms with van der Waals surface area (Å²) in [6.45, 7) is 5.00. The minimum absolute atomic E-state index is 0.281. The summed E-state index contributed by atoms with van der Waals surface area (Å²) in [5.41, 5.74) is 1.20. The zero-order chi connectivity index (χ0) is 14.1. The van der Waals surface area contributed by atoms with Gasteiger partial charge in [0.25, 0.3) is 0 Å². The first-order valence-corrected chi connectivity index (χ1v) is 7.51. The number of halogens is 1. The van der Waals surface area contributed by atoms with Crippen molar-refractivity contribution < 1.29 is 0 Å². The average molecular weight is 336 g/mol. The predicted octanol–water partition coefficient (Wildman–Crippen LogP) is 2.37. The average Bonchev–Trinajstić information content (AvgIpc) is 2.93. The topological polar surface area (TPSA) is 48.1 Å². The van der Waals surface area contributed by atoms with Crippen molar-refractivity contribution in [2.45, 2.75) is 13.0 Å². The van der Waals surface area contributed by atoms with E-state index in [1.165, 1.54) is 5.56 Å². The molecular formula is C14H18BrN5. The van der Waals surface area contributed by atoms with Gasteiger partial charge in [0, 0.05) is 42.7 Å². The number of aromatic amines is 1. The Morgan fingerprint density at radius 1 is 1.35 bits per heavy atom. The van der Waals surface area contributed by atoms with Gasteiger partial charge in [-0.3, -0.25) is 4.90 Å². The zero-order valence-corrected chi connectivity index (χ0v) is 13.3. The first-order valence-electron chi connectivity index (χ1n) is 6.72. The van der Waals surface area contributed by atoms with Gasteiger partial charge < -0.3 is 9.88 Å². The second-order valence-corrected chi connectivity index (χ2v) is 6.13. The van der Waals surface area contributed by atoms with Crippen LogP contribution in [0, 0.1) is 6.92 Å². The molecule has 0 bridgehead atoms. The van der Waals surface area contributed by atoms with E-state index < -0.39 is 0 Å². The number of nitrogens with one attached hydrogen (secondary N) is 1. The smallest absolute Gasteiger partial charge is 0.131 e. The normalized spacial score (nSPS) is 20.4. The maximum atomic E-state index is 4.57. The molecule has 1 aliphatic heterocycles. The predicted molar refractivity (Wildman–Crippen MR) is 82.8 cm³/mol. The molecule has 1 aliphatic rings. The molecule has 0 spiro atoms. The summed E-state index contributed by atoms with van der Waals surface area (Å²) in [5, 5.41) is 0. The van der Waals surface area contributed by atoms with Crippen molar-refractivity contribution in [3.8, 4) is 0 Å². The molecule has 2 aromatic heterocycles. The van der Waals surface area contributed by atoms with Gasteiger partial charge in [-0.25, -0.2) is 9.97 Å². The van der Waals surface area contributed by atoms with E-state index in [4.69, 9.17) is 0 Å². The van der Waals surface area contributed by atoms with Crippen LogP contribution in [0.1, 0.15) is 17.4 Å². The highest BCUT2D eigenvalue weighted by molar-refractivity contribution is 9.10. The minimum Gasteiger partial charge on any atom is -0.353 e. The van der Waals surface area contributed by atoms with Crippen molar-refractivity contribution in [3.63, 3.8) is 0 Å². The molecule has 0 aliphatic carbocycles. The van der Waals surface area contributed by atoms with Crippen molar-refractivity contribution >= 4 is 21.7 Å². The summed E-state index contributed by atoms with van der Waals surface area (Å²) < 4.78 is 1.02. The number of nitrogens with zero attached hydrogens (tertiary/aromatic N) is 4. The molecule has 2 aromatic rings. The van der Waals surface area contributed by atoms with Crippen LogP contribution in [0.4, 0.5) is 5.82 Å². The number of pyridine rings is 1. The van der Waals surface area contributed by atoms with Crippen molar-refractivity contribution in [3.05, 3.63) is 40.5 Å².